The van der Waals surface area contributed by atoms with Gasteiger partial charge in [0.1, 0.15) is 11.4 Å². The van der Waals surface area contributed by atoms with Gasteiger partial charge in [0.25, 0.3) is 0 Å². The van der Waals surface area contributed by atoms with Crippen molar-refractivity contribution in [2.75, 3.05) is 44.7 Å². The van der Waals surface area contributed by atoms with Crippen LogP contribution in [0.5, 0.6) is 0 Å². The first-order chi connectivity index (χ1) is 13.7. The van der Waals surface area contributed by atoms with Crippen molar-refractivity contribution >= 4 is 29.5 Å². The number of ether oxygens (including phenoxy) is 1. The molecule has 2 rings (SSSR count). The van der Waals surface area contributed by atoms with E-state index in [-0.39, 0.29) is 12.1 Å². The van der Waals surface area contributed by atoms with Crippen molar-refractivity contribution in [3.63, 3.8) is 0 Å². The number of likely N-dealkylation sites (N-methyl/N-ethyl adjacent to an activating group) is 1. The van der Waals surface area contributed by atoms with Crippen LogP contribution < -0.4 is 15.5 Å². The lowest BCUT2D eigenvalue weighted by molar-refractivity contribution is 0.0304. The van der Waals surface area contributed by atoms with Gasteiger partial charge in [0.05, 0.1) is 11.6 Å². The molecule has 0 aliphatic carbocycles. The molecule has 1 atom stereocenters. The lowest BCUT2D eigenvalue weighted by atomic mass is 10.2. The second kappa shape index (κ2) is 10.5. The van der Waals surface area contributed by atoms with E-state index in [0.29, 0.717) is 18.1 Å². The SMILES string of the molecule is CCNC(=NCCN(C)C(=O)OC(C)(C)C)NC1CCN(c2ncccc2Cl)C1. The highest BCUT2D eigenvalue weighted by Crippen LogP contribution is 2.25. The summed E-state index contributed by atoms with van der Waals surface area (Å²) in [5, 5.41) is 7.40. The van der Waals surface area contributed by atoms with Crippen molar-refractivity contribution in [3.05, 3.63) is 23.4 Å². The maximum absolute atomic E-state index is 12.0. The number of aromatic nitrogens is 1. The van der Waals surface area contributed by atoms with Gasteiger partial charge in [-0.3, -0.25) is 4.99 Å². The first-order valence-corrected chi connectivity index (χ1v) is 10.4. The number of carbonyl (C=O) groups is 1. The second-order valence-corrected chi connectivity index (χ2v) is 8.45. The first kappa shape index (κ1) is 23.1. The zero-order valence-corrected chi connectivity index (χ0v) is 18.8. The van der Waals surface area contributed by atoms with E-state index < -0.39 is 5.60 Å². The van der Waals surface area contributed by atoms with E-state index in [1.807, 2.05) is 39.8 Å². The van der Waals surface area contributed by atoms with Gasteiger partial charge in [-0.1, -0.05) is 11.6 Å². The number of carbonyl (C=O) groups excluding carboxylic acids is 1. The normalized spacial score (nSPS) is 17.2. The van der Waals surface area contributed by atoms with Crippen molar-refractivity contribution < 1.29 is 9.53 Å². The van der Waals surface area contributed by atoms with Crippen LogP contribution in [0.4, 0.5) is 10.6 Å². The second-order valence-electron chi connectivity index (χ2n) is 8.05. The number of hydrogen-bond donors (Lipinski definition) is 2. The maximum Gasteiger partial charge on any atom is 0.410 e. The lowest BCUT2D eigenvalue weighted by Crippen LogP contribution is -2.45. The number of hydrogen-bond acceptors (Lipinski definition) is 5. The van der Waals surface area contributed by atoms with E-state index in [0.717, 1.165) is 37.8 Å². The molecule has 162 valence electrons. The Hall–Kier alpha value is -2.22. The third-order valence-corrected chi connectivity index (χ3v) is 4.62. The molecule has 2 heterocycles. The molecule has 1 fully saturated rings. The number of pyridine rings is 1. The third-order valence-electron chi connectivity index (χ3n) is 4.32. The van der Waals surface area contributed by atoms with Gasteiger partial charge in [0.2, 0.25) is 0 Å². The summed E-state index contributed by atoms with van der Waals surface area (Å²) in [5.41, 5.74) is -0.504. The molecule has 2 N–H and O–H groups in total. The fourth-order valence-electron chi connectivity index (χ4n) is 2.94. The minimum Gasteiger partial charge on any atom is -0.444 e. The zero-order chi connectivity index (χ0) is 21.4. The summed E-state index contributed by atoms with van der Waals surface area (Å²) < 4.78 is 5.36. The minimum atomic E-state index is -0.504. The largest absolute Gasteiger partial charge is 0.444 e. The smallest absolute Gasteiger partial charge is 0.410 e. The quantitative estimate of drug-likeness (QED) is 0.539. The number of halogens is 1. The molecule has 1 saturated heterocycles. The van der Waals surface area contributed by atoms with Crippen LogP contribution in [-0.2, 0) is 4.74 Å². The van der Waals surface area contributed by atoms with Crippen LogP contribution in [0.2, 0.25) is 5.02 Å². The van der Waals surface area contributed by atoms with Gasteiger partial charge in [0.15, 0.2) is 5.96 Å². The summed E-state index contributed by atoms with van der Waals surface area (Å²) >= 11 is 6.27. The highest BCUT2D eigenvalue weighted by Gasteiger charge is 2.25. The summed E-state index contributed by atoms with van der Waals surface area (Å²) in [6.07, 6.45) is 2.38. The molecule has 29 heavy (non-hydrogen) atoms. The fourth-order valence-corrected chi connectivity index (χ4v) is 3.18. The predicted octanol–water partition coefficient (Wildman–Crippen LogP) is 2.74. The molecular formula is C20H33ClN6O2. The van der Waals surface area contributed by atoms with E-state index in [4.69, 9.17) is 16.3 Å². The van der Waals surface area contributed by atoms with Gasteiger partial charge in [-0.15, -0.1) is 0 Å². The van der Waals surface area contributed by atoms with E-state index >= 15 is 0 Å². The molecule has 8 nitrogen and oxygen atoms in total. The Kier molecular flexibility index (Phi) is 8.37. The molecule has 9 heteroatoms. The van der Waals surface area contributed by atoms with Crippen molar-refractivity contribution in [1.29, 1.82) is 0 Å². The summed E-state index contributed by atoms with van der Waals surface area (Å²) in [6.45, 7) is 11.0. The highest BCUT2D eigenvalue weighted by molar-refractivity contribution is 6.32. The van der Waals surface area contributed by atoms with Gasteiger partial charge in [-0.2, -0.15) is 0 Å². The summed E-state index contributed by atoms with van der Waals surface area (Å²) in [4.78, 5) is 24.7. The van der Waals surface area contributed by atoms with Gasteiger partial charge >= 0.3 is 6.09 Å². The molecule has 0 spiro atoms. The Balaban J connectivity index is 1.86. The maximum atomic E-state index is 12.0. The molecular weight excluding hydrogens is 392 g/mol. The number of nitrogens with zero attached hydrogens (tertiary/aromatic N) is 4. The van der Waals surface area contributed by atoms with Crippen LogP contribution in [-0.4, -0.2) is 73.4 Å². The number of rotatable bonds is 6. The van der Waals surface area contributed by atoms with Gasteiger partial charge in [-0.05, 0) is 46.2 Å². The monoisotopic (exact) mass is 424 g/mol. The van der Waals surface area contributed by atoms with Crippen molar-refractivity contribution in [2.45, 2.75) is 45.8 Å². The summed E-state index contributed by atoms with van der Waals surface area (Å²) in [6, 6.07) is 3.94. The predicted molar refractivity (Wildman–Crippen MR) is 118 cm³/mol. The van der Waals surface area contributed by atoms with Crippen molar-refractivity contribution in [3.8, 4) is 0 Å². The Morgan fingerprint density at radius 3 is 2.90 bits per heavy atom. The Morgan fingerprint density at radius 1 is 1.48 bits per heavy atom. The van der Waals surface area contributed by atoms with Crippen molar-refractivity contribution in [1.82, 2.24) is 20.5 Å². The zero-order valence-electron chi connectivity index (χ0n) is 18.0. The average Bonchev–Trinajstić information content (AvgIpc) is 3.09. The van der Waals surface area contributed by atoms with Crippen LogP contribution in [0.25, 0.3) is 0 Å². The van der Waals surface area contributed by atoms with Gasteiger partial charge < -0.3 is 25.2 Å². The number of amides is 1. The first-order valence-electron chi connectivity index (χ1n) is 10.0. The Bertz CT molecular complexity index is 706. The Labute approximate surface area is 178 Å². The van der Waals surface area contributed by atoms with E-state index in [1.165, 1.54) is 0 Å². The van der Waals surface area contributed by atoms with Crippen LogP contribution in [0, 0.1) is 0 Å². The number of nitrogens with one attached hydrogen (secondary N) is 2. The third kappa shape index (κ3) is 7.61. The Morgan fingerprint density at radius 2 is 2.24 bits per heavy atom. The molecule has 0 radical (unpaired) electrons. The molecule has 1 aromatic rings. The fraction of sp³-hybridized carbons (Fsp3) is 0.650. The number of anilines is 1. The standard InChI is InChI=1S/C20H33ClN6O2/c1-6-22-18(24-11-13-26(5)19(28)29-20(2,3)4)25-15-9-12-27(14-15)17-16(21)8-7-10-23-17/h7-8,10,15H,6,9,11-14H2,1-5H3,(H2,22,24,25). The summed E-state index contributed by atoms with van der Waals surface area (Å²) in [5.74, 6) is 1.56. The van der Waals surface area contributed by atoms with Crippen LogP contribution in [0.15, 0.2) is 23.3 Å². The minimum absolute atomic E-state index is 0.245. The highest BCUT2D eigenvalue weighted by atomic mass is 35.5. The molecule has 1 aromatic heterocycles. The van der Waals surface area contributed by atoms with E-state index in [9.17, 15) is 4.79 Å². The van der Waals surface area contributed by atoms with E-state index in [2.05, 4.69) is 25.5 Å². The molecule has 0 aromatic carbocycles. The van der Waals surface area contributed by atoms with Crippen LogP contribution in [0.1, 0.15) is 34.1 Å². The van der Waals surface area contributed by atoms with Gasteiger partial charge in [0, 0.05) is 45.5 Å². The summed E-state index contributed by atoms with van der Waals surface area (Å²) in [7, 11) is 1.72. The molecule has 0 saturated carbocycles. The molecule has 1 aliphatic rings. The topological polar surface area (TPSA) is 82.1 Å². The molecule has 1 amide bonds. The molecule has 0 bridgehead atoms. The number of guanidine groups is 1. The molecule has 1 unspecified atom stereocenters. The van der Waals surface area contributed by atoms with Crippen molar-refractivity contribution in [2.24, 2.45) is 4.99 Å². The van der Waals surface area contributed by atoms with Crippen LogP contribution in [0.3, 0.4) is 0 Å². The van der Waals surface area contributed by atoms with Gasteiger partial charge in [-0.25, -0.2) is 9.78 Å². The average molecular weight is 425 g/mol. The van der Waals surface area contributed by atoms with Crippen LogP contribution >= 0.6 is 11.6 Å². The molecule has 1 aliphatic heterocycles. The lowest BCUT2D eigenvalue weighted by Gasteiger charge is -2.24. The number of aliphatic imine (C=N–C) groups is 1. The van der Waals surface area contributed by atoms with E-state index in [1.54, 1.807) is 18.1 Å².